The molecule has 1 amide bonds. The van der Waals surface area contributed by atoms with Crippen molar-refractivity contribution in [2.75, 3.05) is 23.3 Å². The summed E-state index contributed by atoms with van der Waals surface area (Å²) in [7, 11) is -3.63. The van der Waals surface area contributed by atoms with Crippen molar-refractivity contribution >= 4 is 27.3 Å². The summed E-state index contributed by atoms with van der Waals surface area (Å²) in [6.45, 7) is 4.37. The van der Waals surface area contributed by atoms with Crippen molar-refractivity contribution in [2.24, 2.45) is 5.92 Å². The highest BCUT2D eigenvalue weighted by molar-refractivity contribution is 7.89. The van der Waals surface area contributed by atoms with Gasteiger partial charge in [0.05, 0.1) is 4.90 Å². The molecule has 2 aromatic rings. The number of nitrogens with one attached hydrogen (secondary N) is 2. The van der Waals surface area contributed by atoms with E-state index in [-0.39, 0.29) is 16.8 Å². The van der Waals surface area contributed by atoms with Gasteiger partial charge < -0.3 is 10.2 Å². The number of amides is 1. The van der Waals surface area contributed by atoms with Crippen molar-refractivity contribution in [1.29, 1.82) is 0 Å². The Hall–Kier alpha value is -2.38. The number of carbonyl (C=O) groups excluding carboxylic acids is 1. The molecule has 1 saturated heterocycles. The molecular weight excluding hydrogens is 398 g/mol. The Morgan fingerprint density at radius 3 is 2.43 bits per heavy atom. The average Bonchev–Trinajstić information content (AvgIpc) is 3.40. The van der Waals surface area contributed by atoms with Crippen LogP contribution in [0.5, 0.6) is 0 Å². The molecule has 2 N–H and O–H groups in total. The second-order valence-corrected chi connectivity index (χ2v) is 10.2. The van der Waals surface area contributed by atoms with E-state index in [0.29, 0.717) is 17.2 Å². The summed E-state index contributed by atoms with van der Waals surface area (Å²) < 4.78 is 28.1. The van der Waals surface area contributed by atoms with Gasteiger partial charge in [0.2, 0.25) is 10.0 Å². The maximum Gasteiger partial charge on any atom is 0.255 e. The summed E-state index contributed by atoms with van der Waals surface area (Å²) in [5, 5.41) is 2.86. The van der Waals surface area contributed by atoms with Crippen molar-refractivity contribution in [3.05, 3.63) is 54.1 Å². The molecule has 1 aliphatic carbocycles. The second kappa shape index (κ2) is 8.78. The van der Waals surface area contributed by atoms with Gasteiger partial charge in [0, 0.05) is 36.1 Å². The molecule has 1 unspecified atom stereocenters. The average molecular weight is 428 g/mol. The fourth-order valence-electron chi connectivity index (χ4n) is 4.26. The largest absolute Gasteiger partial charge is 0.371 e. The smallest absolute Gasteiger partial charge is 0.255 e. The SMILES string of the molecule is CC1CCN(c2ccc(NC(=O)c3cccc(S(=O)(=O)NC4CCCC4)c3)cc2)C1. The topological polar surface area (TPSA) is 78.5 Å². The van der Waals surface area contributed by atoms with E-state index in [0.717, 1.165) is 44.5 Å². The Balaban J connectivity index is 1.43. The monoisotopic (exact) mass is 427 g/mol. The quantitative estimate of drug-likeness (QED) is 0.730. The van der Waals surface area contributed by atoms with Gasteiger partial charge in [-0.1, -0.05) is 25.8 Å². The molecule has 7 heteroatoms. The summed E-state index contributed by atoms with van der Waals surface area (Å²) in [5.41, 5.74) is 2.17. The summed E-state index contributed by atoms with van der Waals surface area (Å²) in [6.07, 6.45) is 5.03. The Kier molecular flexibility index (Phi) is 6.11. The first-order valence-electron chi connectivity index (χ1n) is 10.7. The van der Waals surface area contributed by atoms with E-state index in [1.807, 2.05) is 24.3 Å². The first-order valence-corrected chi connectivity index (χ1v) is 12.2. The third-order valence-corrected chi connectivity index (χ3v) is 7.52. The molecule has 1 atom stereocenters. The van der Waals surface area contributed by atoms with Gasteiger partial charge in [0.25, 0.3) is 5.91 Å². The third kappa shape index (κ3) is 4.84. The maximum absolute atomic E-state index is 12.7. The summed E-state index contributed by atoms with van der Waals surface area (Å²) >= 11 is 0. The van der Waals surface area contributed by atoms with Gasteiger partial charge in [-0.05, 0) is 67.6 Å². The number of rotatable bonds is 6. The van der Waals surface area contributed by atoms with Crippen LogP contribution in [0.4, 0.5) is 11.4 Å². The van der Waals surface area contributed by atoms with Crippen LogP contribution < -0.4 is 14.9 Å². The standard InChI is InChI=1S/C23H29N3O3S/c1-17-13-14-26(16-17)21-11-9-19(10-12-21)24-23(27)18-5-4-8-22(15-18)30(28,29)25-20-6-2-3-7-20/h4-5,8-12,15,17,20,25H,2-3,6-7,13-14,16H2,1H3,(H,24,27). The predicted molar refractivity (Wildman–Crippen MR) is 119 cm³/mol. The third-order valence-electron chi connectivity index (χ3n) is 6.00. The van der Waals surface area contributed by atoms with Crippen LogP contribution in [0.1, 0.15) is 49.4 Å². The van der Waals surface area contributed by atoms with E-state index >= 15 is 0 Å². The van der Waals surface area contributed by atoms with Gasteiger partial charge in [0.15, 0.2) is 0 Å². The van der Waals surface area contributed by atoms with Gasteiger partial charge >= 0.3 is 0 Å². The molecule has 160 valence electrons. The molecule has 6 nitrogen and oxygen atoms in total. The zero-order valence-electron chi connectivity index (χ0n) is 17.3. The van der Waals surface area contributed by atoms with Crippen LogP contribution in [0, 0.1) is 5.92 Å². The fourth-order valence-corrected chi connectivity index (χ4v) is 5.61. The van der Waals surface area contributed by atoms with Crippen LogP contribution in [0.15, 0.2) is 53.4 Å². The Morgan fingerprint density at radius 1 is 1.03 bits per heavy atom. The van der Waals surface area contributed by atoms with Crippen molar-refractivity contribution < 1.29 is 13.2 Å². The van der Waals surface area contributed by atoms with Crippen LogP contribution in [0.3, 0.4) is 0 Å². The summed E-state index contributed by atoms with van der Waals surface area (Å²) in [6, 6.07) is 14.0. The molecule has 0 radical (unpaired) electrons. The highest BCUT2D eigenvalue weighted by atomic mass is 32.2. The minimum absolute atomic E-state index is 0.00964. The first-order chi connectivity index (χ1) is 14.4. The molecule has 1 saturated carbocycles. The minimum Gasteiger partial charge on any atom is -0.371 e. The molecule has 2 aliphatic rings. The normalized spacial score (nSPS) is 19.9. The lowest BCUT2D eigenvalue weighted by molar-refractivity contribution is 0.102. The molecule has 2 fully saturated rings. The van der Waals surface area contributed by atoms with Gasteiger partial charge in [-0.3, -0.25) is 4.79 Å². The summed E-state index contributed by atoms with van der Waals surface area (Å²) in [4.78, 5) is 15.2. The van der Waals surface area contributed by atoms with Crippen LogP contribution in [-0.4, -0.2) is 33.5 Å². The van der Waals surface area contributed by atoms with E-state index in [4.69, 9.17) is 0 Å². The molecule has 1 heterocycles. The molecule has 0 bridgehead atoms. The molecule has 30 heavy (non-hydrogen) atoms. The molecule has 4 rings (SSSR count). The number of anilines is 2. The van der Waals surface area contributed by atoms with Gasteiger partial charge in [-0.25, -0.2) is 13.1 Å². The van der Waals surface area contributed by atoms with Crippen LogP contribution in [-0.2, 0) is 10.0 Å². The Labute approximate surface area is 178 Å². The van der Waals surface area contributed by atoms with Crippen molar-refractivity contribution in [1.82, 2.24) is 4.72 Å². The molecule has 0 spiro atoms. The van der Waals surface area contributed by atoms with Crippen molar-refractivity contribution in [3.8, 4) is 0 Å². The predicted octanol–water partition coefficient (Wildman–Crippen LogP) is 4.01. The van der Waals surface area contributed by atoms with E-state index in [9.17, 15) is 13.2 Å². The number of sulfonamides is 1. The molecule has 0 aromatic heterocycles. The van der Waals surface area contributed by atoms with E-state index in [1.54, 1.807) is 12.1 Å². The van der Waals surface area contributed by atoms with Crippen molar-refractivity contribution in [2.45, 2.75) is 50.0 Å². The van der Waals surface area contributed by atoms with Gasteiger partial charge in [0.1, 0.15) is 0 Å². The number of hydrogen-bond acceptors (Lipinski definition) is 4. The van der Waals surface area contributed by atoms with E-state index in [1.165, 1.54) is 18.6 Å². The zero-order valence-corrected chi connectivity index (χ0v) is 18.1. The van der Waals surface area contributed by atoms with Crippen molar-refractivity contribution in [3.63, 3.8) is 0 Å². The van der Waals surface area contributed by atoms with Crippen LogP contribution in [0.25, 0.3) is 0 Å². The lowest BCUT2D eigenvalue weighted by atomic mass is 10.2. The molecule has 1 aliphatic heterocycles. The van der Waals surface area contributed by atoms with Gasteiger partial charge in [-0.2, -0.15) is 0 Å². The Bertz CT molecular complexity index is 999. The summed E-state index contributed by atoms with van der Waals surface area (Å²) in [5.74, 6) is 0.381. The molecule has 2 aromatic carbocycles. The number of benzene rings is 2. The van der Waals surface area contributed by atoms with E-state index < -0.39 is 10.0 Å². The number of nitrogens with zero attached hydrogens (tertiary/aromatic N) is 1. The lowest BCUT2D eigenvalue weighted by Gasteiger charge is -2.18. The van der Waals surface area contributed by atoms with Gasteiger partial charge in [-0.15, -0.1) is 0 Å². The molecular formula is C23H29N3O3S. The lowest BCUT2D eigenvalue weighted by Crippen LogP contribution is -2.32. The first kappa shape index (κ1) is 20.9. The number of carbonyl (C=O) groups is 1. The highest BCUT2D eigenvalue weighted by Crippen LogP contribution is 2.25. The number of hydrogen-bond donors (Lipinski definition) is 2. The second-order valence-electron chi connectivity index (χ2n) is 8.47. The van der Waals surface area contributed by atoms with Crippen LogP contribution in [0.2, 0.25) is 0 Å². The Morgan fingerprint density at radius 2 is 1.77 bits per heavy atom. The van der Waals surface area contributed by atoms with Crippen LogP contribution >= 0.6 is 0 Å². The van der Waals surface area contributed by atoms with E-state index in [2.05, 4.69) is 21.9 Å². The maximum atomic E-state index is 12.7. The highest BCUT2D eigenvalue weighted by Gasteiger charge is 2.23. The minimum atomic E-state index is -3.63. The fraction of sp³-hybridized carbons (Fsp3) is 0.435. The zero-order chi connectivity index (χ0) is 21.1.